The molecule has 0 aliphatic carbocycles. The Hall–Kier alpha value is -2.04. The van der Waals surface area contributed by atoms with E-state index in [1.54, 1.807) is 19.2 Å². The number of halogens is 2. The van der Waals surface area contributed by atoms with Crippen molar-refractivity contribution in [3.05, 3.63) is 64.1 Å². The molecule has 0 aromatic heterocycles. The SMILES string of the molecule is CN=C(N)C1=NN(c2ccc(Cl)cc2Cl)C(c2ccccc2)C1. The third kappa shape index (κ3) is 3.19. The highest BCUT2D eigenvalue weighted by Gasteiger charge is 2.31. The second kappa shape index (κ2) is 6.60. The predicted molar refractivity (Wildman–Crippen MR) is 97.7 cm³/mol. The molecule has 23 heavy (non-hydrogen) atoms. The van der Waals surface area contributed by atoms with Gasteiger partial charge >= 0.3 is 0 Å². The Balaban J connectivity index is 2.06. The van der Waals surface area contributed by atoms with E-state index in [4.69, 9.17) is 28.9 Å². The first kappa shape index (κ1) is 15.8. The summed E-state index contributed by atoms with van der Waals surface area (Å²) in [7, 11) is 1.66. The molecule has 1 heterocycles. The molecule has 1 unspecified atom stereocenters. The number of hydrogen-bond acceptors (Lipinski definition) is 3. The van der Waals surface area contributed by atoms with Gasteiger partial charge in [-0.3, -0.25) is 10.0 Å². The van der Waals surface area contributed by atoms with Crippen LogP contribution in [0.4, 0.5) is 5.69 Å². The maximum absolute atomic E-state index is 6.37. The number of nitrogens with zero attached hydrogens (tertiary/aromatic N) is 3. The lowest BCUT2D eigenvalue weighted by Gasteiger charge is -2.24. The third-order valence-corrected chi connectivity index (χ3v) is 4.33. The van der Waals surface area contributed by atoms with Crippen LogP contribution in [0.25, 0.3) is 0 Å². The van der Waals surface area contributed by atoms with Crippen LogP contribution in [-0.2, 0) is 0 Å². The standard InChI is InChI=1S/C17H16Cl2N4/c1-21-17(20)14-10-16(11-5-3-2-4-6-11)23(22-14)15-8-7-12(18)9-13(15)19/h2-9,16H,10H2,1H3,(H2,20,21). The molecule has 1 aliphatic heterocycles. The van der Waals surface area contributed by atoms with E-state index in [9.17, 15) is 0 Å². The van der Waals surface area contributed by atoms with E-state index >= 15 is 0 Å². The molecular weight excluding hydrogens is 331 g/mol. The van der Waals surface area contributed by atoms with E-state index in [-0.39, 0.29) is 6.04 Å². The fourth-order valence-electron chi connectivity index (χ4n) is 2.62. The Morgan fingerprint density at radius 1 is 1.22 bits per heavy atom. The largest absolute Gasteiger partial charge is 0.382 e. The molecule has 0 fully saturated rings. The molecule has 1 aliphatic rings. The van der Waals surface area contributed by atoms with Gasteiger partial charge in [0.05, 0.1) is 16.8 Å². The summed E-state index contributed by atoms with van der Waals surface area (Å²) in [6.07, 6.45) is 0.673. The zero-order valence-corrected chi connectivity index (χ0v) is 14.1. The average Bonchev–Trinajstić information content (AvgIpc) is 3.00. The van der Waals surface area contributed by atoms with E-state index < -0.39 is 0 Å². The van der Waals surface area contributed by atoms with Crippen molar-refractivity contribution >= 4 is 40.4 Å². The molecule has 0 saturated heterocycles. The highest BCUT2D eigenvalue weighted by atomic mass is 35.5. The van der Waals surface area contributed by atoms with Crippen molar-refractivity contribution in [2.45, 2.75) is 12.5 Å². The molecule has 1 atom stereocenters. The monoisotopic (exact) mass is 346 g/mol. The van der Waals surface area contributed by atoms with Crippen molar-refractivity contribution in [1.29, 1.82) is 0 Å². The summed E-state index contributed by atoms with van der Waals surface area (Å²) in [5.41, 5.74) is 8.65. The number of hydrogen-bond donors (Lipinski definition) is 1. The van der Waals surface area contributed by atoms with E-state index in [1.807, 2.05) is 29.3 Å². The average molecular weight is 347 g/mol. The van der Waals surface area contributed by atoms with Gasteiger partial charge in [-0.1, -0.05) is 53.5 Å². The number of anilines is 1. The number of nitrogens with two attached hydrogens (primary N) is 1. The minimum atomic E-state index is 0.0187. The molecule has 118 valence electrons. The van der Waals surface area contributed by atoms with Gasteiger partial charge in [-0.25, -0.2) is 0 Å². The van der Waals surface area contributed by atoms with Crippen LogP contribution in [-0.4, -0.2) is 18.6 Å². The van der Waals surface area contributed by atoms with Crippen LogP contribution in [0.1, 0.15) is 18.0 Å². The Kier molecular flexibility index (Phi) is 4.55. The fourth-order valence-corrected chi connectivity index (χ4v) is 3.11. The van der Waals surface area contributed by atoms with Crippen LogP contribution in [0, 0.1) is 0 Å². The van der Waals surface area contributed by atoms with Crippen molar-refractivity contribution in [3.63, 3.8) is 0 Å². The van der Waals surface area contributed by atoms with Crippen LogP contribution >= 0.6 is 23.2 Å². The number of benzene rings is 2. The van der Waals surface area contributed by atoms with Crippen LogP contribution in [0.15, 0.2) is 58.6 Å². The number of amidine groups is 1. The van der Waals surface area contributed by atoms with Crippen LogP contribution in [0.2, 0.25) is 10.0 Å². The molecule has 4 nitrogen and oxygen atoms in total. The molecule has 0 spiro atoms. The lowest BCUT2D eigenvalue weighted by atomic mass is 10.0. The van der Waals surface area contributed by atoms with Gasteiger partial charge in [0.1, 0.15) is 11.5 Å². The number of hydrazone groups is 1. The topological polar surface area (TPSA) is 54.0 Å². The first-order valence-corrected chi connectivity index (χ1v) is 7.95. The van der Waals surface area contributed by atoms with Crippen molar-refractivity contribution < 1.29 is 0 Å². The third-order valence-electron chi connectivity index (χ3n) is 3.79. The summed E-state index contributed by atoms with van der Waals surface area (Å²) in [5, 5.41) is 7.68. The van der Waals surface area contributed by atoms with Gasteiger partial charge in [0.2, 0.25) is 0 Å². The van der Waals surface area contributed by atoms with Gasteiger partial charge in [-0.2, -0.15) is 5.10 Å². The Morgan fingerprint density at radius 2 is 1.96 bits per heavy atom. The lowest BCUT2D eigenvalue weighted by molar-refractivity contribution is 0.709. The second-order valence-corrected chi connectivity index (χ2v) is 6.07. The number of rotatable bonds is 3. The quantitative estimate of drug-likeness (QED) is 0.665. The highest BCUT2D eigenvalue weighted by molar-refractivity contribution is 6.42. The molecule has 0 saturated carbocycles. The summed E-state index contributed by atoms with van der Waals surface area (Å²) in [4.78, 5) is 4.05. The zero-order chi connectivity index (χ0) is 16.4. The first-order chi connectivity index (χ1) is 11.1. The maximum atomic E-state index is 6.37. The summed E-state index contributed by atoms with van der Waals surface area (Å²) in [6, 6.07) is 15.5. The second-order valence-electron chi connectivity index (χ2n) is 5.23. The van der Waals surface area contributed by atoms with E-state index in [1.165, 1.54) is 0 Å². The molecule has 0 bridgehead atoms. The van der Waals surface area contributed by atoms with Crippen molar-refractivity contribution in [3.8, 4) is 0 Å². The molecule has 2 aromatic carbocycles. The predicted octanol–water partition coefficient (Wildman–Crippen LogP) is 4.29. The van der Waals surface area contributed by atoms with Crippen molar-refractivity contribution in [2.75, 3.05) is 12.1 Å². The maximum Gasteiger partial charge on any atom is 0.141 e. The van der Waals surface area contributed by atoms with Gasteiger partial charge in [-0.05, 0) is 23.8 Å². The Morgan fingerprint density at radius 3 is 2.61 bits per heavy atom. The van der Waals surface area contributed by atoms with Gasteiger partial charge in [0, 0.05) is 18.5 Å². The molecule has 2 N–H and O–H groups in total. The fraction of sp³-hybridized carbons (Fsp3) is 0.176. The van der Waals surface area contributed by atoms with Gasteiger partial charge < -0.3 is 5.73 Å². The minimum absolute atomic E-state index is 0.0187. The van der Waals surface area contributed by atoms with E-state index in [2.05, 4.69) is 22.2 Å². The van der Waals surface area contributed by atoms with E-state index in [0.29, 0.717) is 22.3 Å². The van der Waals surface area contributed by atoms with Crippen molar-refractivity contribution in [2.24, 2.45) is 15.8 Å². The zero-order valence-electron chi connectivity index (χ0n) is 12.6. The highest BCUT2D eigenvalue weighted by Crippen LogP contribution is 2.39. The molecule has 0 amide bonds. The molecule has 6 heteroatoms. The minimum Gasteiger partial charge on any atom is -0.382 e. The smallest absolute Gasteiger partial charge is 0.141 e. The van der Waals surface area contributed by atoms with Crippen LogP contribution < -0.4 is 10.7 Å². The van der Waals surface area contributed by atoms with Crippen molar-refractivity contribution in [1.82, 2.24) is 0 Å². The molecule has 2 aromatic rings. The normalized spacial score (nSPS) is 18.2. The molecule has 0 radical (unpaired) electrons. The summed E-state index contributed by atoms with van der Waals surface area (Å²) >= 11 is 12.4. The van der Waals surface area contributed by atoms with E-state index in [0.717, 1.165) is 17.0 Å². The Bertz CT molecular complexity index is 771. The lowest BCUT2D eigenvalue weighted by Crippen LogP contribution is -2.22. The molecule has 3 rings (SSSR count). The van der Waals surface area contributed by atoms with Gasteiger partial charge in [0.15, 0.2) is 0 Å². The van der Waals surface area contributed by atoms with Gasteiger partial charge in [-0.15, -0.1) is 0 Å². The first-order valence-electron chi connectivity index (χ1n) is 7.19. The van der Waals surface area contributed by atoms with Crippen LogP contribution in [0.5, 0.6) is 0 Å². The Labute approximate surface area is 145 Å². The number of aliphatic imine (C=N–C) groups is 1. The molecular formula is C17H16Cl2N4. The summed E-state index contributed by atoms with van der Waals surface area (Å²) in [6.45, 7) is 0. The van der Waals surface area contributed by atoms with Gasteiger partial charge in [0.25, 0.3) is 0 Å². The summed E-state index contributed by atoms with van der Waals surface area (Å²) < 4.78 is 0. The van der Waals surface area contributed by atoms with Crippen LogP contribution in [0.3, 0.4) is 0 Å². The summed E-state index contributed by atoms with van der Waals surface area (Å²) in [5.74, 6) is 0.443.